The number of anilines is 2. The van der Waals surface area contributed by atoms with Crippen LogP contribution in [-0.2, 0) is 0 Å². The van der Waals surface area contributed by atoms with E-state index < -0.39 is 6.03 Å². The molecule has 0 saturated carbocycles. The summed E-state index contributed by atoms with van der Waals surface area (Å²) in [5, 5.41) is 5.21. The maximum Gasteiger partial charge on any atom is 0.316 e. The van der Waals surface area contributed by atoms with Crippen LogP contribution in [0.2, 0.25) is 0 Å². The predicted octanol–water partition coefficient (Wildman–Crippen LogP) is 2.83. The van der Waals surface area contributed by atoms with E-state index in [4.69, 9.17) is 10.5 Å². The second-order valence-electron chi connectivity index (χ2n) is 4.48. The van der Waals surface area contributed by atoms with Crippen molar-refractivity contribution in [3.63, 3.8) is 0 Å². The molecule has 0 spiro atoms. The predicted molar refractivity (Wildman–Crippen MR) is 85.2 cm³/mol. The molecule has 6 heteroatoms. The topological polar surface area (TPSA) is 93.4 Å². The van der Waals surface area contributed by atoms with Crippen LogP contribution < -0.4 is 21.1 Å². The molecule has 2 aromatic carbocycles. The van der Waals surface area contributed by atoms with Crippen LogP contribution in [0.5, 0.6) is 5.75 Å². The Morgan fingerprint density at radius 1 is 0.955 bits per heavy atom. The highest BCUT2D eigenvalue weighted by Gasteiger charge is 2.06. The van der Waals surface area contributed by atoms with Crippen LogP contribution >= 0.6 is 0 Å². The third-order valence-electron chi connectivity index (χ3n) is 2.84. The molecule has 0 aliphatic carbocycles. The fourth-order valence-electron chi connectivity index (χ4n) is 1.85. The second-order valence-corrected chi connectivity index (χ2v) is 4.48. The van der Waals surface area contributed by atoms with E-state index in [2.05, 4.69) is 10.6 Å². The molecule has 0 aliphatic heterocycles. The van der Waals surface area contributed by atoms with Crippen molar-refractivity contribution in [3.8, 4) is 5.75 Å². The van der Waals surface area contributed by atoms with Crippen LogP contribution in [0.4, 0.5) is 16.2 Å². The second kappa shape index (κ2) is 7.12. The summed E-state index contributed by atoms with van der Waals surface area (Å²) in [6.07, 6.45) is 0. The van der Waals surface area contributed by atoms with Crippen LogP contribution in [-0.4, -0.2) is 18.5 Å². The summed E-state index contributed by atoms with van der Waals surface area (Å²) in [5.74, 6) is 0.500. The molecule has 2 rings (SSSR count). The largest absolute Gasteiger partial charge is 0.494 e. The minimum Gasteiger partial charge on any atom is -0.494 e. The summed E-state index contributed by atoms with van der Waals surface area (Å²) < 4.78 is 5.33. The lowest BCUT2D eigenvalue weighted by Crippen LogP contribution is -2.19. The van der Waals surface area contributed by atoms with E-state index >= 15 is 0 Å². The number of nitrogens with two attached hydrogens (primary N) is 1. The highest BCUT2D eigenvalue weighted by Crippen LogP contribution is 2.16. The molecule has 0 heterocycles. The van der Waals surface area contributed by atoms with Gasteiger partial charge in [0.25, 0.3) is 5.91 Å². The van der Waals surface area contributed by atoms with Gasteiger partial charge in [0.1, 0.15) is 5.75 Å². The average molecular weight is 299 g/mol. The zero-order valence-corrected chi connectivity index (χ0v) is 12.1. The van der Waals surface area contributed by atoms with E-state index in [1.165, 1.54) is 0 Å². The Labute approximate surface area is 128 Å². The van der Waals surface area contributed by atoms with Crippen molar-refractivity contribution in [2.24, 2.45) is 5.73 Å². The number of hydrogen-bond acceptors (Lipinski definition) is 3. The van der Waals surface area contributed by atoms with Gasteiger partial charge in [-0.2, -0.15) is 0 Å². The minimum absolute atomic E-state index is 0.223. The van der Waals surface area contributed by atoms with Crippen molar-refractivity contribution in [3.05, 3.63) is 54.1 Å². The molecule has 0 radical (unpaired) electrons. The van der Waals surface area contributed by atoms with Gasteiger partial charge in [-0.25, -0.2) is 4.79 Å². The molecule has 0 fully saturated rings. The molecule has 0 aromatic heterocycles. The van der Waals surface area contributed by atoms with Gasteiger partial charge in [-0.05, 0) is 55.5 Å². The minimum atomic E-state index is -0.633. The Bertz CT molecular complexity index is 651. The summed E-state index contributed by atoms with van der Waals surface area (Å²) in [6, 6.07) is 12.9. The number of benzene rings is 2. The van der Waals surface area contributed by atoms with Gasteiger partial charge in [0.05, 0.1) is 6.61 Å². The number of rotatable bonds is 5. The van der Waals surface area contributed by atoms with Crippen molar-refractivity contribution in [2.75, 3.05) is 17.2 Å². The molecule has 0 saturated heterocycles. The summed E-state index contributed by atoms with van der Waals surface area (Å²) in [6.45, 7) is 2.48. The summed E-state index contributed by atoms with van der Waals surface area (Å²) in [5.41, 5.74) is 6.73. The Morgan fingerprint density at radius 3 is 2.00 bits per heavy atom. The van der Waals surface area contributed by atoms with E-state index in [1.54, 1.807) is 48.5 Å². The number of urea groups is 1. The van der Waals surface area contributed by atoms with Gasteiger partial charge >= 0.3 is 6.03 Å². The quantitative estimate of drug-likeness (QED) is 0.792. The molecule has 0 atom stereocenters. The highest BCUT2D eigenvalue weighted by molar-refractivity contribution is 6.04. The lowest BCUT2D eigenvalue weighted by Gasteiger charge is -2.08. The lowest BCUT2D eigenvalue weighted by molar-refractivity contribution is 0.102. The van der Waals surface area contributed by atoms with Crippen molar-refractivity contribution < 1.29 is 14.3 Å². The zero-order valence-electron chi connectivity index (χ0n) is 12.1. The molecule has 22 heavy (non-hydrogen) atoms. The summed E-state index contributed by atoms with van der Waals surface area (Å²) in [4.78, 5) is 22.8. The molecule has 114 valence electrons. The molecule has 0 bridgehead atoms. The maximum atomic E-state index is 12.1. The number of amides is 3. The number of ether oxygens (including phenoxy) is 1. The maximum absolute atomic E-state index is 12.1. The van der Waals surface area contributed by atoms with Gasteiger partial charge < -0.3 is 21.1 Å². The van der Waals surface area contributed by atoms with E-state index in [9.17, 15) is 9.59 Å². The van der Waals surface area contributed by atoms with Crippen LogP contribution in [0, 0.1) is 0 Å². The van der Waals surface area contributed by atoms with E-state index in [-0.39, 0.29) is 5.91 Å². The number of nitrogens with one attached hydrogen (secondary N) is 2. The molecule has 6 nitrogen and oxygen atoms in total. The average Bonchev–Trinajstić information content (AvgIpc) is 2.50. The number of primary amides is 1. The van der Waals surface area contributed by atoms with Crippen molar-refractivity contribution in [1.29, 1.82) is 0 Å². The number of carbonyl (C=O) groups is 2. The van der Waals surface area contributed by atoms with Crippen LogP contribution in [0.1, 0.15) is 17.3 Å². The lowest BCUT2D eigenvalue weighted by atomic mass is 10.2. The standard InChI is InChI=1S/C16H17N3O3/c1-2-22-14-9-3-11(4-10-14)15(20)18-12-5-7-13(8-6-12)19-16(17)21/h3-10H,2H2,1H3,(H,18,20)(H3,17,19,21). The Morgan fingerprint density at radius 2 is 1.50 bits per heavy atom. The molecule has 2 aromatic rings. The fourth-order valence-corrected chi connectivity index (χ4v) is 1.85. The van der Waals surface area contributed by atoms with Crippen molar-refractivity contribution in [1.82, 2.24) is 0 Å². The first-order valence-electron chi connectivity index (χ1n) is 6.79. The first kappa shape index (κ1) is 15.4. The molecular weight excluding hydrogens is 282 g/mol. The monoisotopic (exact) mass is 299 g/mol. The smallest absolute Gasteiger partial charge is 0.316 e. The van der Waals surface area contributed by atoms with Crippen LogP contribution in [0.25, 0.3) is 0 Å². The van der Waals surface area contributed by atoms with E-state index in [0.717, 1.165) is 5.75 Å². The Hall–Kier alpha value is -3.02. The zero-order chi connectivity index (χ0) is 15.9. The molecular formula is C16H17N3O3. The van der Waals surface area contributed by atoms with Gasteiger partial charge in [0, 0.05) is 16.9 Å². The molecule has 0 aliphatic rings. The van der Waals surface area contributed by atoms with Crippen LogP contribution in [0.15, 0.2) is 48.5 Å². The normalized spacial score (nSPS) is 9.86. The van der Waals surface area contributed by atoms with Crippen molar-refractivity contribution >= 4 is 23.3 Å². The van der Waals surface area contributed by atoms with Crippen LogP contribution in [0.3, 0.4) is 0 Å². The number of hydrogen-bond donors (Lipinski definition) is 3. The van der Waals surface area contributed by atoms with Gasteiger partial charge in [-0.3, -0.25) is 4.79 Å². The van der Waals surface area contributed by atoms with Crippen molar-refractivity contribution in [2.45, 2.75) is 6.92 Å². The fraction of sp³-hybridized carbons (Fsp3) is 0.125. The molecule has 0 unspecified atom stereocenters. The third kappa shape index (κ3) is 4.24. The third-order valence-corrected chi connectivity index (χ3v) is 2.84. The molecule has 3 amide bonds. The van der Waals surface area contributed by atoms with E-state index in [1.807, 2.05) is 6.92 Å². The van der Waals surface area contributed by atoms with E-state index in [0.29, 0.717) is 23.5 Å². The Balaban J connectivity index is 2.00. The summed E-state index contributed by atoms with van der Waals surface area (Å²) in [7, 11) is 0. The SMILES string of the molecule is CCOc1ccc(C(=O)Nc2ccc(NC(N)=O)cc2)cc1. The van der Waals surface area contributed by atoms with Gasteiger partial charge in [-0.1, -0.05) is 0 Å². The van der Waals surface area contributed by atoms with Gasteiger partial charge in [0.2, 0.25) is 0 Å². The Kier molecular flexibility index (Phi) is 4.98. The van der Waals surface area contributed by atoms with Gasteiger partial charge in [0.15, 0.2) is 0 Å². The summed E-state index contributed by atoms with van der Waals surface area (Å²) >= 11 is 0. The first-order chi connectivity index (χ1) is 10.6. The van der Waals surface area contributed by atoms with Gasteiger partial charge in [-0.15, -0.1) is 0 Å². The highest BCUT2D eigenvalue weighted by atomic mass is 16.5. The number of carbonyl (C=O) groups excluding carboxylic acids is 2. The molecule has 4 N–H and O–H groups in total. The first-order valence-corrected chi connectivity index (χ1v) is 6.79.